The molecule has 1 saturated carbocycles. The summed E-state index contributed by atoms with van der Waals surface area (Å²) in [5.41, 5.74) is 2.19. The van der Waals surface area contributed by atoms with Gasteiger partial charge in [-0.3, -0.25) is 19.4 Å². The Kier molecular flexibility index (Phi) is 7.29. The molecule has 1 N–H and O–H groups in total. The Morgan fingerprint density at radius 2 is 1.80 bits per heavy atom. The van der Waals surface area contributed by atoms with Crippen molar-refractivity contribution in [3.63, 3.8) is 0 Å². The number of carbonyl (C=O) groups is 1. The first-order chi connectivity index (χ1) is 17.0. The van der Waals surface area contributed by atoms with Gasteiger partial charge in [-0.2, -0.15) is 0 Å². The molecule has 2 saturated heterocycles. The minimum absolute atomic E-state index is 0.0687. The van der Waals surface area contributed by atoms with Gasteiger partial charge in [-0.1, -0.05) is 61.4 Å². The van der Waals surface area contributed by atoms with Gasteiger partial charge < -0.3 is 14.6 Å². The van der Waals surface area contributed by atoms with Gasteiger partial charge in [-0.25, -0.2) is 0 Å². The zero-order valence-electron chi connectivity index (χ0n) is 20.1. The van der Waals surface area contributed by atoms with E-state index in [1.54, 1.807) is 22.6 Å². The normalized spacial score (nSPS) is 21.6. The van der Waals surface area contributed by atoms with Crippen molar-refractivity contribution in [3.8, 4) is 0 Å². The van der Waals surface area contributed by atoms with E-state index in [4.69, 9.17) is 12.2 Å². The summed E-state index contributed by atoms with van der Waals surface area (Å²) in [6.45, 7) is 3.92. The second-order valence-electron chi connectivity index (χ2n) is 9.54. The Hall–Kier alpha value is -2.20. The number of amides is 1. The molecule has 1 aromatic carbocycles. The lowest BCUT2D eigenvalue weighted by Crippen LogP contribution is -2.48. The second kappa shape index (κ2) is 10.4. The van der Waals surface area contributed by atoms with Crippen molar-refractivity contribution < 1.29 is 9.90 Å². The molecule has 2 aliphatic heterocycles. The number of fused-ring (bicyclic) bond motifs is 1. The third-order valence-electron chi connectivity index (χ3n) is 7.45. The molecule has 7 nitrogen and oxygen atoms in total. The molecule has 5 rings (SSSR count). The number of hydrogen-bond donors (Lipinski definition) is 1. The number of carbonyl (C=O) groups excluding carboxylic acids is 1. The summed E-state index contributed by atoms with van der Waals surface area (Å²) in [5.74, 6) is -0.0687. The number of rotatable bonds is 5. The van der Waals surface area contributed by atoms with Crippen LogP contribution in [-0.2, 0) is 11.8 Å². The molecule has 3 heterocycles. The van der Waals surface area contributed by atoms with E-state index < -0.39 is 0 Å². The molecule has 2 aromatic rings. The van der Waals surface area contributed by atoms with Crippen LogP contribution in [0.3, 0.4) is 0 Å². The van der Waals surface area contributed by atoms with Crippen LogP contribution < -0.4 is 10.5 Å². The van der Waals surface area contributed by atoms with Crippen molar-refractivity contribution in [1.29, 1.82) is 0 Å². The van der Waals surface area contributed by atoms with Gasteiger partial charge in [0.1, 0.15) is 4.32 Å². The Morgan fingerprint density at radius 3 is 2.51 bits per heavy atom. The van der Waals surface area contributed by atoms with Crippen LogP contribution >= 0.6 is 24.0 Å². The number of nitrogens with zero attached hydrogens (tertiary/aromatic N) is 4. The van der Waals surface area contributed by atoms with Crippen molar-refractivity contribution >= 4 is 56.9 Å². The molecule has 0 atom stereocenters. The zero-order valence-corrected chi connectivity index (χ0v) is 21.7. The van der Waals surface area contributed by atoms with E-state index >= 15 is 0 Å². The monoisotopic (exact) mass is 512 g/mol. The van der Waals surface area contributed by atoms with Gasteiger partial charge in [0, 0.05) is 51.2 Å². The minimum Gasteiger partial charge on any atom is -0.395 e. The molecule has 9 heteroatoms. The lowest BCUT2D eigenvalue weighted by atomic mass is 9.94. The number of benzene rings is 1. The molecule has 1 amide bonds. The highest BCUT2D eigenvalue weighted by Crippen LogP contribution is 2.39. The second-order valence-corrected chi connectivity index (χ2v) is 11.2. The minimum atomic E-state index is -0.112. The van der Waals surface area contributed by atoms with Crippen LogP contribution in [0.5, 0.6) is 0 Å². The number of anilines is 1. The van der Waals surface area contributed by atoms with Crippen molar-refractivity contribution in [2.24, 2.45) is 7.05 Å². The van der Waals surface area contributed by atoms with Gasteiger partial charge in [-0.05, 0) is 25.0 Å². The smallest absolute Gasteiger partial charge is 0.266 e. The van der Waals surface area contributed by atoms with E-state index in [2.05, 4.69) is 15.9 Å². The number of hydrogen-bond acceptors (Lipinski definition) is 7. The molecular formula is C26H32N4O3S2. The van der Waals surface area contributed by atoms with Gasteiger partial charge in [0.25, 0.3) is 11.5 Å². The van der Waals surface area contributed by atoms with Crippen LogP contribution in [0.2, 0.25) is 0 Å². The van der Waals surface area contributed by atoms with Crippen molar-refractivity contribution in [1.82, 2.24) is 14.4 Å². The maximum absolute atomic E-state index is 13.7. The average Bonchev–Trinajstić information content (AvgIpc) is 3.16. The largest absolute Gasteiger partial charge is 0.395 e. The molecule has 0 unspecified atom stereocenters. The van der Waals surface area contributed by atoms with Crippen molar-refractivity contribution in [3.05, 3.63) is 45.1 Å². The van der Waals surface area contributed by atoms with Gasteiger partial charge in [0.05, 0.1) is 28.3 Å². The summed E-state index contributed by atoms with van der Waals surface area (Å²) >= 11 is 6.95. The van der Waals surface area contributed by atoms with Crippen molar-refractivity contribution in [2.75, 3.05) is 44.2 Å². The first-order valence-corrected chi connectivity index (χ1v) is 13.7. The number of aryl methyl sites for hydroxylation is 1. The lowest BCUT2D eigenvalue weighted by Gasteiger charge is -2.37. The average molecular weight is 513 g/mol. The highest BCUT2D eigenvalue weighted by Gasteiger charge is 2.38. The predicted octanol–water partition coefficient (Wildman–Crippen LogP) is 3.19. The van der Waals surface area contributed by atoms with Gasteiger partial charge >= 0.3 is 0 Å². The lowest BCUT2D eigenvalue weighted by molar-refractivity contribution is -0.124. The number of para-hydroxylation sites is 1. The van der Waals surface area contributed by atoms with E-state index in [0.717, 1.165) is 68.5 Å². The molecule has 1 aliphatic carbocycles. The summed E-state index contributed by atoms with van der Waals surface area (Å²) < 4.78 is 2.28. The number of pyridine rings is 1. The number of thiocarbonyl (C=S) groups is 1. The van der Waals surface area contributed by atoms with Crippen LogP contribution in [0.15, 0.2) is 34.0 Å². The fraction of sp³-hybridized carbons (Fsp3) is 0.500. The van der Waals surface area contributed by atoms with Crippen LogP contribution in [0, 0.1) is 0 Å². The summed E-state index contributed by atoms with van der Waals surface area (Å²) in [6.07, 6.45) is 7.22. The van der Waals surface area contributed by atoms with Gasteiger partial charge in [-0.15, -0.1) is 0 Å². The summed E-state index contributed by atoms with van der Waals surface area (Å²) in [5, 5.41) is 10.3. The maximum Gasteiger partial charge on any atom is 0.266 e. The number of aliphatic hydroxyl groups excluding tert-OH is 1. The zero-order chi connectivity index (χ0) is 24.5. The third kappa shape index (κ3) is 4.67. The fourth-order valence-electron chi connectivity index (χ4n) is 5.58. The van der Waals surface area contributed by atoms with Crippen LogP contribution in [0.25, 0.3) is 17.0 Å². The fourth-order valence-corrected chi connectivity index (χ4v) is 6.96. The quantitative estimate of drug-likeness (QED) is 0.488. The third-order valence-corrected chi connectivity index (χ3v) is 8.78. The summed E-state index contributed by atoms with van der Waals surface area (Å²) in [4.78, 5) is 33.9. The van der Waals surface area contributed by atoms with E-state index in [-0.39, 0.29) is 24.1 Å². The number of piperazine rings is 1. The topological polar surface area (TPSA) is 69.0 Å². The first kappa shape index (κ1) is 24.5. The molecule has 1 aromatic heterocycles. The molecule has 3 fully saturated rings. The molecule has 0 radical (unpaired) electrons. The van der Waals surface area contributed by atoms with Crippen molar-refractivity contribution in [2.45, 2.75) is 38.1 Å². The Bertz CT molecular complexity index is 1230. The Balaban J connectivity index is 1.57. The van der Waals surface area contributed by atoms with E-state index in [9.17, 15) is 14.7 Å². The van der Waals surface area contributed by atoms with Crippen LogP contribution in [-0.4, -0.2) is 75.1 Å². The predicted molar refractivity (Wildman–Crippen MR) is 147 cm³/mol. The van der Waals surface area contributed by atoms with E-state index in [1.165, 1.54) is 18.2 Å². The number of thioether (sulfide) groups is 1. The molecule has 0 bridgehead atoms. The van der Waals surface area contributed by atoms with Gasteiger partial charge in [0.2, 0.25) is 0 Å². The van der Waals surface area contributed by atoms with E-state index in [1.807, 2.05) is 18.2 Å². The number of aliphatic hydroxyl groups is 1. The summed E-state index contributed by atoms with van der Waals surface area (Å²) in [7, 11) is 1.79. The Morgan fingerprint density at radius 1 is 1.09 bits per heavy atom. The maximum atomic E-state index is 13.7. The first-order valence-electron chi connectivity index (χ1n) is 12.5. The molecule has 3 aliphatic rings. The van der Waals surface area contributed by atoms with Crippen LogP contribution in [0.1, 0.15) is 37.7 Å². The number of β-amino-alcohol motifs (C(OH)–C–C–N with tert-alkyl or cyclic N) is 1. The molecule has 0 spiro atoms. The Labute approximate surface area is 215 Å². The number of aromatic nitrogens is 1. The SMILES string of the molecule is Cn1c(=O)c(C=C2SC(=S)N(C3CCCCC3)C2=O)c(N2CCN(CCO)CC2)c2ccccc21. The molecule has 186 valence electrons. The van der Waals surface area contributed by atoms with Crippen LogP contribution in [0.4, 0.5) is 5.69 Å². The summed E-state index contributed by atoms with van der Waals surface area (Å²) in [6, 6.07) is 8.12. The highest BCUT2D eigenvalue weighted by atomic mass is 32.2. The molecular weight excluding hydrogens is 480 g/mol. The molecule has 35 heavy (non-hydrogen) atoms. The highest BCUT2D eigenvalue weighted by molar-refractivity contribution is 8.26. The standard InChI is InChI=1S/C26H32N4O3S2/c1-27-21-10-6-5-9-19(21)23(29-13-11-28(12-14-29)15-16-31)20(24(27)32)17-22-25(33)30(26(34)35-22)18-7-3-2-4-8-18/h5-6,9-10,17-18,31H,2-4,7-8,11-16H2,1H3. The van der Waals surface area contributed by atoms with Gasteiger partial charge in [0.15, 0.2) is 0 Å². The van der Waals surface area contributed by atoms with E-state index in [0.29, 0.717) is 21.3 Å².